The molecular formula is C15H12N4OS. The SMILES string of the molecule is c1ccc(N=NC2=C(c3ccco3)N3CCN=C3S2)cc1. The minimum absolute atomic E-state index is 0.802. The van der Waals surface area contributed by atoms with E-state index in [1.165, 1.54) is 0 Å². The van der Waals surface area contributed by atoms with Crippen LogP contribution in [-0.4, -0.2) is 23.2 Å². The molecule has 21 heavy (non-hydrogen) atoms. The summed E-state index contributed by atoms with van der Waals surface area (Å²) in [5, 5.41) is 10.5. The molecule has 4 rings (SSSR count). The standard InChI is InChI=1S/C15H12N4OS/c1-2-5-11(6-3-1)17-18-14-13(12-7-4-10-20-12)19-9-8-16-15(19)21-14/h1-7,10H,8-9H2. The van der Waals surface area contributed by atoms with E-state index >= 15 is 0 Å². The molecular weight excluding hydrogens is 284 g/mol. The van der Waals surface area contributed by atoms with Crippen LogP contribution in [0.3, 0.4) is 0 Å². The molecule has 0 atom stereocenters. The molecule has 2 aromatic rings. The van der Waals surface area contributed by atoms with Gasteiger partial charge >= 0.3 is 0 Å². The molecule has 0 aliphatic carbocycles. The molecule has 1 aromatic heterocycles. The fraction of sp³-hybridized carbons (Fsp3) is 0.133. The molecule has 0 bridgehead atoms. The molecule has 0 amide bonds. The van der Waals surface area contributed by atoms with Gasteiger partial charge in [-0.3, -0.25) is 4.99 Å². The van der Waals surface area contributed by atoms with Crippen molar-refractivity contribution in [3.63, 3.8) is 0 Å². The van der Waals surface area contributed by atoms with Crippen molar-refractivity contribution in [3.05, 3.63) is 59.5 Å². The second-order valence-electron chi connectivity index (χ2n) is 4.58. The van der Waals surface area contributed by atoms with Crippen LogP contribution < -0.4 is 0 Å². The normalized spacial score (nSPS) is 17.7. The number of hydrogen-bond acceptors (Lipinski definition) is 6. The number of hydrogen-bond donors (Lipinski definition) is 0. The minimum Gasteiger partial charge on any atom is -0.463 e. The second kappa shape index (κ2) is 5.21. The van der Waals surface area contributed by atoms with E-state index in [1.54, 1.807) is 18.0 Å². The number of rotatable bonds is 3. The van der Waals surface area contributed by atoms with E-state index in [0.29, 0.717) is 0 Å². The van der Waals surface area contributed by atoms with E-state index in [0.717, 1.165) is 40.4 Å². The van der Waals surface area contributed by atoms with Crippen molar-refractivity contribution in [1.29, 1.82) is 0 Å². The summed E-state index contributed by atoms with van der Waals surface area (Å²) in [6.45, 7) is 1.68. The summed E-state index contributed by atoms with van der Waals surface area (Å²) in [5.41, 5.74) is 1.79. The smallest absolute Gasteiger partial charge is 0.170 e. The van der Waals surface area contributed by atoms with E-state index < -0.39 is 0 Å². The average Bonchev–Trinajstić information content (AvgIpc) is 3.22. The van der Waals surface area contributed by atoms with Crippen molar-refractivity contribution in [2.24, 2.45) is 15.2 Å². The average molecular weight is 296 g/mol. The topological polar surface area (TPSA) is 53.5 Å². The fourth-order valence-corrected chi connectivity index (χ4v) is 3.30. The van der Waals surface area contributed by atoms with Gasteiger partial charge in [-0.1, -0.05) is 18.2 Å². The molecule has 104 valence electrons. The van der Waals surface area contributed by atoms with Crippen LogP contribution in [0.15, 0.2) is 73.4 Å². The molecule has 0 radical (unpaired) electrons. The summed E-state index contributed by atoms with van der Waals surface area (Å²) in [4.78, 5) is 6.63. The Morgan fingerprint density at radius 2 is 2.00 bits per heavy atom. The minimum atomic E-state index is 0.802. The summed E-state index contributed by atoms with van der Waals surface area (Å²) in [6, 6.07) is 13.5. The van der Waals surface area contributed by atoms with Gasteiger partial charge in [0.05, 0.1) is 18.5 Å². The van der Waals surface area contributed by atoms with Gasteiger partial charge in [-0.05, 0) is 36.0 Å². The number of furan rings is 1. The van der Waals surface area contributed by atoms with E-state index in [9.17, 15) is 0 Å². The van der Waals surface area contributed by atoms with Crippen LogP contribution in [0.4, 0.5) is 5.69 Å². The molecule has 6 heteroatoms. The molecule has 2 aliphatic rings. The van der Waals surface area contributed by atoms with Gasteiger partial charge in [-0.2, -0.15) is 0 Å². The first-order valence-corrected chi connectivity index (χ1v) is 7.48. The van der Waals surface area contributed by atoms with Crippen LogP contribution in [0.5, 0.6) is 0 Å². The highest BCUT2D eigenvalue weighted by Gasteiger charge is 2.34. The van der Waals surface area contributed by atoms with Crippen molar-refractivity contribution in [1.82, 2.24) is 4.90 Å². The number of fused-ring (bicyclic) bond motifs is 1. The van der Waals surface area contributed by atoms with Crippen molar-refractivity contribution in [2.45, 2.75) is 0 Å². The van der Waals surface area contributed by atoms with Crippen LogP contribution in [0.2, 0.25) is 0 Å². The number of azo groups is 1. The first-order chi connectivity index (χ1) is 10.4. The van der Waals surface area contributed by atoms with E-state index in [4.69, 9.17) is 4.42 Å². The molecule has 0 saturated carbocycles. The molecule has 1 aromatic carbocycles. The molecule has 2 aliphatic heterocycles. The zero-order valence-corrected chi connectivity index (χ0v) is 12.0. The predicted molar refractivity (Wildman–Crippen MR) is 83.2 cm³/mol. The summed E-state index contributed by atoms with van der Waals surface area (Å²) >= 11 is 1.54. The Hall–Kier alpha value is -2.34. The highest BCUT2D eigenvalue weighted by atomic mass is 32.2. The molecule has 0 spiro atoms. The van der Waals surface area contributed by atoms with Gasteiger partial charge in [0, 0.05) is 6.54 Å². The highest BCUT2D eigenvalue weighted by molar-refractivity contribution is 8.17. The summed E-state index contributed by atoms with van der Waals surface area (Å²) in [7, 11) is 0. The van der Waals surface area contributed by atoms with Gasteiger partial charge in [0.25, 0.3) is 0 Å². The first-order valence-electron chi connectivity index (χ1n) is 6.66. The lowest BCUT2D eigenvalue weighted by Gasteiger charge is -2.13. The zero-order chi connectivity index (χ0) is 14.1. The van der Waals surface area contributed by atoms with E-state index in [-0.39, 0.29) is 0 Å². The maximum Gasteiger partial charge on any atom is 0.170 e. The Labute approximate surface area is 126 Å². The summed E-state index contributed by atoms with van der Waals surface area (Å²) in [5.74, 6) is 0.802. The molecule has 0 N–H and O–H groups in total. The third kappa shape index (κ3) is 2.27. The van der Waals surface area contributed by atoms with Crippen LogP contribution in [0.25, 0.3) is 5.70 Å². The van der Waals surface area contributed by atoms with Gasteiger partial charge in [-0.25, -0.2) is 0 Å². The lowest BCUT2D eigenvalue weighted by molar-refractivity contribution is 0.525. The van der Waals surface area contributed by atoms with Crippen molar-refractivity contribution in [3.8, 4) is 0 Å². The predicted octanol–water partition coefficient (Wildman–Crippen LogP) is 4.11. The lowest BCUT2D eigenvalue weighted by atomic mass is 10.3. The van der Waals surface area contributed by atoms with Crippen LogP contribution >= 0.6 is 11.8 Å². The number of nitrogens with zero attached hydrogens (tertiary/aromatic N) is 4. The van der Waals surface area contributed by atoms with Crippen molar-refractivity contribution in [2.75, 3.05) is 13.1 Å². The van der Waals surface area contributed by atoms with Crippen LogP contribution in [0.1, 0.15) is 5.76 Å². The van der Waals surface area contributed by atoms with Crippen molar-refractivity contribution < 1.29 is 4.42 Å². The number of benzene rings is 1. The number of aliphatic imine (C=N–C) groups is 1. The molecule has 0 saturated heterocycles. The quantitative estimate of drug-likeness (QED) is 0.801. The highest BCUT2D eigenvalue weighted by Crippen LogP contribution is 2.42. The van der Waals surface area contributed by atoms with Crippen LogP contribution in [0, 0.1) is 0 Å². The van der Waals surface area contributed by atoms with E-state index in [1.807, 2.05) is 42.5 Å². The Balaban J connectivity index is 1.72. The monoisotopic (exact) mass is 296 g/mol. The van der Waals surface area contributed by atoms with E-state index in [2.05, 4.69) is 20.1 Å². The first kappa shape index (κ1) is 12.4. The largest absolute Gasteiger partial charge is 0.463 e. The Kier molecular flexibility index (Phi) is 3.08. The van der Waals surface area contributed by atoms with Crippen LogP contribution in [-0.2, 0) is 0 Å². The Morgan fingerprint density at radius 1 is 1.10 bits per heavy atom. The summed E-state index contributed by atoms with van der Waals surface area (Å²) in [6.07, 6.45) is 1.67. The Bertz CT molecular complexity index is 734. The van der Waals surface area contributed by atoms with Gasteiger partial charge in [0.1, 0.15) is 5.70 Å². The third-order valence-electron chi connectivity index (χ3n) is 3.23. The Morgan fingerprint density at radius 3 is 2.81 bits per heavy atom. The molecule has 0 unspecified atom stereocenters. The molecule has 3 heterocycles. The molecule has 0 fully saturated rings. The van der Waals surface area contributed by atoms with Gasteiger partial charge < -0.3 is 9.32 Å². The number of thioether (sulfide) groups is 1. The van der Waals surface area contributed by atoms with Gasteiger partial charge in [-0.15, -0.1) is 10.2 Å². The van der Waals surface area contributed by atoms with Crippen molar-refractivity contribution >= 4 is 28.3 Å². The second-order valence-corrected chi connectivity index (χ2v) is 5.54. The van der Waals surface area contributed by atoms with Gasteiger partial charge in [0.2, 0.25) is 0 Å². The maximum atomic E-state index is 5.54. The summed E-state index contributed by atoms with van der Waals surface area (Å²) < 4.78 is 5.54. The number of amidine groups is 1. The lowest BCUT2D eigenvalue weighted by Crippen LogP contribution is -2.19. The zero-order valence-electron chi connectivity index (χ0n) is 11.1. The van der Waals surface area contributed by atoms with Gasteiger partial charge in [0.15, 0.2) is 16.0 Å². The maximum absolute atomic E-state index is 5.54. The fourth-order valence-electron chi connectivity index (χ4n) is 2.29. The third-order valence-corrected chi connectivity index (χ3v) is 4.23. The molecule has 5 nitrogen and oxygen atoms in total.